The number of carbonyl (C=O) groups excluding carboxylic acids is 2. The van der Waals surface area contributed by atoms with Gasteiger partial charge in [-0.1, -0.05) is 6.07 Å². The second-order valence-corrected chi connectivity index (χ2v) is 10.7. The predicted molar refractivity (Wildman–Crippen MR) is 125 cm³/mol. The first-order chi connectivity index (χ1) is 15.2. The fourth-order valence-electron chi connectivity index (χ4n) is 5.01. The molecule has 2 fully saturated rings. The number of thiophene rings is 2. The minimum absolute atomic E-state index is 0.193. The highest BCUT2D eigenvalue weighted by Gasteiger charge is 2.33. The van der Waals surface area contributed by atoms with E-state index in [0.29, 0.717) is 26.2 Å². The Morgan fingerprint density at radius 1 is 0.839 bits per heavy atom. The van der Waals surface area contributed by atoms with Gasteiger partial charge in [-0.25, -0.2) is 0 Å². The van der Waals surface area contributed by atoms with Crippen LogP contribution in [0.15, 0.2) is 29.0 Å². The summed E-state index contributed by atoms with van der Waals surface area (Å²) in [5.74, 6) is 0.460. The Morgan fingerprint density at radius 2 is 1.58 bits per heavy atom. The lowest BCUT2D eigenvalue weighted by Gasteiger charge is -2.38. The van der Waals surface area contributed by atoms with Gasteiger partial charge >= 0.3 is 0 Å². The van der Waals surface area contributed by atoms with E-state index < -0.39 is 0 Å². The van der Waals surface area contributed by atoms with E-state index in [1.807, 2.05) is 21.1 Å². The first-order valence-electron chi connectivity index (χ1n) is 11.3. The number of hydrogen-bond acceptors (Lipinski definition) is 6. The summed E-state index contributed by atoms with van der Waals surface area (Å²) in [4.78, 5) is 36.9. The summed E-state index contributed by atoms with van der Waals surface area (Å²) in [6, 6.07) is 6.72. The Bertz CT molecular complexity index is 899. The number of hydrogen-bond donors (Lipinski definition) is 0. The Morgan fingerprint density at radius 3 is 2.32 bits per heavy atom. The van der Waals surface area contributed by atoms with Crippen molar-refractivity contribution in [1.82, 2.24) is 19.6 Å². The minimum Gasteiger partial charge on any atom is -0.342 e. The van der Waals surface area contributed by atoms with Crippen LogP contribution >= 0.6 is 22.7 Å². The molecule has 0 radical (unpaired) electrons. The van der Waals surface area contributed by atoms with Crippen LogP contribution in [0, 0.1) is 0 Å². The molecule has 1 atom stereocenters. The second kappa shape index (κ2) is 9.40. The van der Waals surface area contributed by atoms with Crippen molar-refractivity contribution in [2.75, 3.05) is 58.9 Å². The normalized spacial score (nSPS) is 22.6. The number of fused-ring (bicyclic) bond motifs is 1. The molecule has 6 nitrogen and oxygen atoms in total. The summed E-state index contributed by atoms with van der Waals surface area (Å²) in [5.41, 5.74) is 1.37. The van der Waals surface area contributed by atoms with E-state index in [9.17, 15) is 9.59 Å². The lowest BCUT2D eigenvalue weighted by Crippen LogP contribution is -2.53. The van der Waals surface area contributed by atoms with E-state index >= 15 is 0 Å². The zero-order chi connectivity index (χ0) is 21.2. The molecular weight excluding hydrogens is 428 g/mol. The first-order valence-corrected chi connectivity index (χ1v) is 13.1. The van der Waals surface area contributed by atoms with Gasteiger partial charge in [0.15, 0.2) is 0 Å². The second-order valence-electron chi connectivity index (χ2n) is 8.68. The van der Waals surface area contributed by atoms with Gasteiger partial charge in [0.05, 0.1) is 19.1 Å². The van der Waals surface area contributed by atoms with Crippen LogP contribution in [-0.4, -0.2) is 90.3 Å². The fourth-order valence-corrected chi connectivity index (χ4v) is 6.79. The molecule has 166 valence electrons. The molecule has 2 saturated heterocycles. The van der Waals surface area contributed by atoms with Gasteiger partial charge in [0.1, 0.15) is 0 Å². The van der Waals surface area contributed by atoms with Crippen molar-refractivity contribution in [3.8, 4) is 0 Å². The van der Waals surface area contributed by atoms with Crippen LogP contribution in [0.25, 0.3) is 0 Å². The average Bonchev–Trinajstić information content (AvgIpc) is 3.56. The highest BCUT2D eigenvalue weighted by Crippen LogP contribution is 2.39. The lowest BCUT2D eigenvalue weighted by atomic mass is 9.98. The third-order valence-corrected chi connectivity index (χ3v) is 8.68. The number of rotatable bonds is 5. The molecule has 0 N–H and O–H groups in total. The summed E-state index contributed by atoms with van der Waals surface area (Å²) in [7, 11) is 0. The minimum atomic E-state index is 0.193. The van der Waals surface area contributed by atoms with Crippen molar-refractivity contribution in [2.24, 2.45) is 0 Å². The third kappa shape index (κ3) is 4.58. The van der Waals surface area contributed by atoms with Crippen LogP contribution in [0.3, 0.4) is 0 Å². The van der Waals surface area contributed by atoms with E-state index in [0.717, 1.165) is 52.0 Å². The zero-order valence-electron chi connectivity index (χ0n) is 17.9. The first kappa shape index (κ1) is 21.1. The summed E-state index contributed by atoms with van der Waals surface area (Å²) in [6.45, 7) is 6.70. The Kier molecular flexibility index (Phi) is 6.41. The Balaban J connectivity index is 1.17. The van der Waals surface area contributed by atoms with Gasteiger partial charge in [-0.2, -0.15) is 0 Å². The van der Waals surface area contributed by atoms with E-state index in [4.69, 9.17) is 0 Å². The highest BCUT2D eigenvalue weighted by atomic mass is 32.1. The van der Waals surface area contributed by atoms with Crippen LogP contribution in [0.2, 0.25) is 0 Å². The molecule has 1 unspecified atom stereocenters. The molecule has 0 saturated carbocycles. The molecule has 2 aromatic heterocycles. The van der Waals surface area contributed by atoms with Gasteiger partial charge in [-0.15, -0.1) is 22.7 Å². The topological polar surface area (TPSA) is 47.1 Å². The van der Waals surface area contributed by atoms with E-state index in [1.165, 1.54) is 15.3 Å². The molecule has 5 rings (SSSR count). The average molecular weight is 459 g/mol. The van der Waals surface area contributed by atoms with Gasteiger partial charge in [0.25, 0.3) is 0 Å². The number of likely N-dealkylation sites (tertiary alicyclic amines) is 1. The van der Waals surface area contributed by atoms with Crippen LogP contribution in [-0.2, 0) is 16.0 Å². The number of piperazine rings is 1. The maximum Gasteiger partial charge on any atom is 0.236 e. The molecule has 0 bridgehead atoms. The monoisotopic (exact) mass is 458 g/mol. The fraction of sp³-hybridized carbons (Fsp3) is 0.565. The molecular formula is C23H30N4O2S2. The zero-order valence-corrected chi connectivity index (χ0v) is 19.5. The predicted octanol–water partition coefficient (Wildman–Crippen LogP) is 2.52. The van der Waals surface area contributed by atoms with Crippen molar-refractivity contribution in [2.45, 2.75) is 25.3 Å². The van der Waals surface area contributed by atoms with Crippen molar-refractivity contribution >= 4 is 34.5 Å². The molecule has 3 aliphatic rings. The van der Waals surface area contributed by atoms with Gasteiger partial charge < -0.3 is 9.80 Å². The number of carbonyl (C=O) groups is 2. The molecule has 8 heteroatoms. The highest BCUT2D eigenvalue weighted by molar-refractivity contribution is 7.10. The number of nitrogens with zero attached hydrogens (tertiary/aromatic N) is 4. The standard InChI is InChI=1S/C23H30N4O2S2/c28-21(25-7-1-2-8-25)16-24-10-12-26(13-11-24)22(29)17-27-9-5-19-18(6-15-31-19)23(27)20-4-3-14-30-20/h3-4,6,14-15,23H,1-2,5,7-13,16-17H2. The van der Waals surface area contributed by atoms with Crippen LogP contribution in [0.4, 0.5) is 0 Å². The number of amides is 2. The lowest BCUT2D eigenvalue weighted by molar-refractivity contribution is -0.136. The summed E-state index contributed by atoms with van der Waals surface area (Å²) in [5, 5.41) is 4.30. The van der Waals surface area contributed by atoms with Crippen LogP contribution in [0.1, 0.15) is 34.2 Å². The largest absolute Gasteiger partial charge is 0.342 e. The van der Waals surface area contributed by atoms with Crippen molar-refractivity contribution in [3.05, 3.63) is 44.3 Å². The maximum absolute atomic E-state index is 13.2. The van der Waals surface area contributed by atoms with Crippen molar-refractivity contribution < 1.29 is 9.59 Å². The van der Waals surface area contributed by atoms with Crippen molar-refractivity contribution in [1.29, 1.82) is 0 Å². The Labute approximate surface area is 192 Å². The quantitative estimate of drug-likeness (QED) is 0.691. The molecule has 0 aliphatic carbocycles. The molecule has 31 heavy (non-hydrogen) atoms. The van der Waals surface area contributed by atoms with Gasteiger partial charge in [-0.3, -0.25) is 19.4 Å². The third-order valence-electron chi connectivity index (χ3n) is 6.76. The van der Waals surface area contributed by atoms with E-state index in [1.54, 1.807) is 11.3 Å². The molecule has 2 amide bonds. The van der Waals surface area contributed by atoms with Crippen molar-refractivity contribution in [3.63, 3.8) is 0 Å². The summed E-state index contributed by atoms with van der Waals surface area (Å²) >= 11 is 3.61. The Hall–Kier alpha value is -1.74. The molecule has 5 heterocycles. The van der Waals surface area contributed by atoms with Gasteiger partial charge in [-0.05, 0) is 47.7 Å². The van der Waals surface area contributed by atoms with Crippen LogP contribution < -0.4 is 0 Å². The molecule has 0 aromatic carbocycles. The maximum atomic E-state index is 13.2. The SMILES string of the molecule is O=C(CN1CCN(C(=O)CN2CCc3sccc3C2c2cccs2)CC1)N1CCCC1. The van der Waals surface area contributed by atoms with Gasteiger partial charge in [0.2, 0.25) is 11.8 Å². The molecule has 3 aliphatic heterocycles. The summed E-state index contributed by atoms with van der Waals surface area (Å²) in [6.07, 6.45) is 3.28. The van der Waals surface area contributed by atoms with E-state index in [-0.39, 0.29) is 17.9 Å². The molecule has 0 spiro atoms. The smallest absolute Gasteiger partial charge is 0.236 e. The van der Waals surface area contributed by atoms with Gasteiger partial charge in [0, 0.05) is 55.6 Å². The molecule has 2 aromatic rings. The van der Waals surface area contributed by atoms with Crippen LogP contribution in [0.5, 0.6) is 0 Å². The summed E-state index contributed by atoms with van der Waals surface area (Å²) < 4.78 is 0. The van der Waals surface area contributed by atoms with E-state index in [2.05, 4.69) is 38.8 Å².